The zero-order valence-corrected chi connectivity index (χ0v) is 16.5. The number of alkyl carbamates (subject to hydrolysis) is 1. The van der Waals surface area contributed by atoms with Gasteiger partial charge in [-0.2, -0.15) is 0 Å². The Bertz CT molecular complexity index is 747. The molecule has 2 aromatic rings. The molecule has 0 aromatic heterocycles. The van der Waals surface area contributed by atoms with Gasteiger partial charge in [0.05, 0.1) is 6.10 Å². The first-order chi connectivity index (χ1) is 12.8. The number of rotatable bonds is 7. The summed E-state index contributed by atoms with van der Waals surface area (Å²) in [4.78, 5) is 11.8. The Morgan fingerprint density at radius 3 is 2.22 bits per heavy atom. The van der Waals surface area contributed by atoms with Crippen LogP contribution in [-0.4, -0.2) is 29.0 Å². The molecule has 0 aliphatic carbocycles. The Labute approximate surface area is 161 Å². The fraction of sp³-hybridized carbons (Fsp3) is 0.409. The molecule has 0 spiro atoms. The Morgan fingerprint density at radius 1 is 1.04 bits per heavy atom. The monoisotopic (exact) mass is 371 g/mol. The third-order valence-corrected chi connectivity index (χ3v) is 5.01. The molecule has 3 N–H and O–H groups in total. The summed E-state index contributed by atoms with van der Waals surface area (Å²) in [6.45, 7) is 8.30. The molecule has 146 valence electrons. The third-order valence-electron chi connectivity index (χ3n) is 5.01. The topological polar surface area (TPSA) is 78.8 Å². The van der Waals surface area contributed by atoms with Gasteiger partial charge in [-0.05, 0) is 67.5 Å². The van der Waals surface area contributed by atoms with Crippen LogP contribution in [-0.2, 0) is 11.3 Å². The van der Waals surface area contributed by atoms with Gasteiger partial charge < -0.3 is 20.3 Å². The van der Waals surface area contributed by atoms with E-state index < -0.39 is 18.3 Å². The van der Waals surface area contributed by atoms with Crippen molar-refractivity contribution in [1.29, 1.82) is 0 Å². The summed E-state index contributed by atoms with van der Waals surface area (Å²) < 4.78 is 5.13. The fourth-order valence-electron chi connectivity index (χ4n) is 3.14. The first-order valence-electron chi connectivity index (χ1n) is 9.19. The molecule has 5 nitrogen and oxygen atoms in total. The van der Waals surface area contributed by atoms with Crippen molar-refractivity contribution >= 4 is 6.09 Å². The van der Waals surface area contributed by atoms with E-state index >= 15 is 0 Å². The number of aliphatic hydroxyl groups is 2. The third kappa shape index (κ3) is 5.55. The smallest absolute Gasteiger partial charge is 0.407 e. The van der Waals surface area contributed by atoms with Crippen molar-refractivity contribution in [3.8, 4) is 0 Å². The summed E-state index contributed by atoms with van der Waals surface area (Å²) in [5, 5.41) is 23.6. The van der Waals surface area contributed by atoms with Gasteiger partial charge in [-0.15, -0.1) is 0 Å². The standard InChI is InChI=1S/C22H29NO4/c1-14-12-15(2)17(4)20(16(14)3)21(25)19(24)10-11-23-22(26)27-13-18-8-6-5-7-9-18/h5-9,12,19,21,24-25H,10-11,13H2,1-4H3,(H,23,26). The lowest BCUT2D eigenvalue weighted by Crippen LogP contribution is -2.30. The van der Waals surface area contributed by atoms with Crippen molar-refractivity contribution in [2.75, 3.05) is 6.54 Å². The van der Waals surface area contributed by atoms with Crippen molar-refractivity contribution in [2.24, 2.45) is 0 Å². The number of carbonyl (C=O) groups excluding carboxylic acids is 1. The van der Waals surface area contributed by atoms with Crippen LogP contribution in [0.25, 0.3) is 0 Å². The van der Waals surface area contributed by atoms with Gasteiger partial charge in [0.15, 0.2) is 0 Å². The van der Waals surface area contributed by atoms with E-state index in [1.807, 2.05) is 58.0 Å². The van der Waals surface area contributed by atoms with Gasteiger partial charge in [-0.3, -0.25) is 0 Å². The first-order valence-corrected chi connectivity index (χ1v) is 9.19. The van der Waals surface area contributed by atoms with Gasteiger partial charge in [-0.25, -0.2) is 4.79 Å². The fourth-order valence-corrected chi connectivity index (χ4v) is 3.14. The molecular formula is C22H29NO4. The van der Waals surface area contributed by atoms with E-state index in [1.165, 1.54) is 0 Å². The number of aryl methyl sites for hydroxylation is 2. The molecule has 0 saturated carbocycles. The highest BCUT2D eigenvalue weighted by Gasteiger charge is 2.23. The molecule has 2 aromatic carbocycles. The molecule has 5 heteroatoms. The highest BCUT2D eigenvalue weighted by molar-refractivity contribution is 5.67. The van der Waals surface area contributed by atoms with Crippen molar-refractivity contribution in [2.45, 2.75) is 52.9 Å². The van der Waals surface area contributed by atoms with Crippen LogP contribution in [0.15, 0.2) is 36.4 Å². The summed E-state index contributed by atoms with van der Waals surface area (Å²) in [6, 6.07) is 11.5. The normalized spacial score (nSPS) is 13.1. The average Bonchev–Trinajstić information content (AvgIpc) is 2.65. The maximum Gasteiger partial charge on any atom is 0.407 e. The van der Waals surface area contributed by atoms with E-state index in [4.69, 9.17) is 4.74 Å². The molecule has 27 heavy (non-hydrogen) atoms. The number of hydrogen-bond acceptors (Lipinski definition) is 4. The lowest BCUT2D eigenvalue weighted by molar-refractivity contribution is 0.0128. The Morgan fingerprint density at radius 2 is 1.63 bits per heavy atom. The second-order valence-corrected chi connectivity index (χ2v) is 6.96. The Kier molecular flexibility index (Phi) is 7.39. The van der Waals surface area contributed by atoms with E-state index in [-0.39, 0.29) is 19.6 Å². The predicted molar refractivity (Wildman–Crippen MR) is 106 cm³/mol. The number of hydrogen-bond donors (Lipinski definition) is 3. The molecule has 0 aliphatic rings. The van der Waals surface area contributed by atoms with Crippen LogP contribution in [0.4, 0.5) is 4.79 Å². The highest BCUT2D eigenvalue weighted by Crippen LogP contribution is 2.30. The van der Waals surface area contributed by atoms with Gasteiger partial charge in [0.25, 0.3) is 0 Å². The molecule has 2 rings (SSSR count). The molecule has 0 saturated heterocycles. The van der Waals surface area contributed by atoms with Crippen LogP contribution in [0, 0.1) is 27.7 Å². The van der Waals surface area contributed by atoms with Crippen LogP contribution < -0.4 is 5.32 Å². The number of nitrogens with one attached hydrogen (secondary N) is 1. The van der Waals surface area contributed by atoms with Crippen molar-refractivity contribution in [3.05, 3.63) is 69.8 Å². The zero-order valence-electron chi connectivity index (χ0n) is 16.5. The van der Waals surface area contributed by atoms with E-state index in [1.54, 1.807) is 0 Å². The summed E-state index contributed by atoms with van der Waals surface area (Å²) in [5.74, 6) is 0. The minimum atomic E-state index is -0.995. The number of aliphatic hydroxyl groups excluding tert-OH is 2. The summed E-state index contributed by atoms with van der Waals surface area (Å²) in [6.07, 6.45) is -2.28. The number of benzene rings is 2. The van der Waals surface area contributed by atoms with Gasteiger partial charge in [0.1, 0.15) is 12.7 Å². The zero-order chi connectivity index (χ0) is 20.0. The van der Waals surface area contributed by atoms with Crippen LogP contribution in [0.5, 0.6) is 0 Å². The van der Waals surface area contributed by atoms with Crippen LogP contribution >= 0.6 is 0 Å². The van der Waals surface area contributed by atoms with Gasteiger partial charge in [0, 0.05) is 6.54 Å². The Hall–Kier alpha value is -2.37. The maximum absolute atomic E-state index is 11.8. The molecular weight excluding hydrogens is 342 g/mol. The molecule has 0 bridgehead atoms. The minimum Gasteiger partial charge on any atom is -0.445 e. The Balaban J connectivity index is 1.85. The van der Waals surface area contributed by atoms with E-state index in [0.29, 0.717) is 0 Å². The largest absolute Gasteiger partial charge is 0.445 e. The predicted octanol–water partition coefficient (Wildman–Crippen LogP) is 3.63. The molecule has 0 aliphatic heterocycles. The minimum absolute atomic E-state index is 0.193. The average molecular weight is 371 g/mol. The molecule has 0 fully saturated rings. The number of carbonyl (C=O) groups is 1. The van der Waals surface area contributed by atoms with Gasteiger partial charge in [-0.1, -0.05) is 36.4 Å². The van der Waals surface area contributed by atoms with Crippen LogP contribution in [0.1, 0.15) is 45.9 Å². The SMILES string of the molecule is Cc1cc(C)c(C)c(C(O)C(O)CCNC(=O)OCc2ccccc2)c1C. The maximum atomic E-state index is 11.8. The molecule has 0 radical (unpaired) electrons. The molecule has 2 atom stereocenters. The molecule has 1 amide bonds. The summed E-state index contributed by atoms with van der Waals surface area (Å²) in [5.41, 5.74) is 5.82. The number of amides is 1. The summed E-state index contributed by atoms with van der Waals surface area (Å²) >= 11 is 0. The number of ether oxygens (including phenoxy) is 1. The molecule has 0 heterocycles. The quantitative estimate of drug-likeness (QED) is 0.694. The van der Waals surface area contributed by atoms with E-state index in [9.17, 15) is 15.0 Å². The second kappa shape index (κ2) is 9.53. The molecule has 2 unspecified atom stereocenters. The van der Waals surface area contributed by atoms with E-state index in [2.05, 4.69) is 11.4 Å². The lowest BCUT2D eigenvalue weighted by atomic mass is 9.88. The van der Waals surface area contributed by atoms with Crippen LogP contribution in [0.3, 0.4) is 0 Å². The lowest BCUT2D eigenvalue weighted by Gasteiger charge is -2.24. The first kappa shape index (κ1) is 20.9. The van der Waals surface area contributed by atoms with Crippen molar-refractivity contribution in [1.82, 2.24) is 5.32 Å². The summed E-state index contributed by atoms with van der Waals surface area (Å²) in [7, 11) is 0. The van der Waals surface area contributed by atoms with Crippen LogP contribution in [0.2, 0.25) is 0 Å². The highest BCUT2D eigenvalue weighted by atomic mass is 16.5. The van der Waals surface area contributed by atoms with Gasteiger partial charge >= 0.3 is 6.09 Å². The van der Waals surface area contributed by atoms with E-state index in [0.717, 1.165) is 33.4 Å². The van der Waals surface area contributed by atoms with Crippen molar-refractivity contribution < 1.29 is 19.7 Å². The second-order valence-electron chi connectivity index (χ2n) is 6.96. The van der Waals surface area contributed by atoms with Gasteiger partial charge in [0.2, 0.25) is 0 Å². The van der Waals surface area contributed by atoms with Crippen molar-refractivity contribution in [3.63, 3.8) is 0 Å².